The maximum atomic E-state index is 5.88. The molecular weight excluding hydrogens is 218 g/mol. The van der Waals surface area contributed by atoms with Gasteiger partial charge in [0.25, 0.3) is 0 Å². The van der Waals surface area contributed by atoms with Crippen LogP contribution in [0.4, 0.5) is 0 Å². The SMILES string of the molecule is Cc1cnc(CN=C(N)c2ccccc2)s1. The number of rotatable bonds is 3. The number of hydrogen-bond acceptors (Lipinski definition) is 3. The van der Waals surface area contributed by atoms with Crippen LogP contribution in [0.1, 0.15) is 15.4 Å². The largest absolute Gasteiger partial charge is 0.383 e. The van der Waals surface area contributed by atoms with Gasteiger partial charge in [-0.2, -0.15) is 0 Å². The van der Waals surface area contributed by atoms with Crippen LogP contribution in [0.5, 0.6) is 0 Å². The van der Waals surface area contributed by atoms with Gasteiger partial charge in [-0.1, -0.05) is 30.3 Å². The Balaban J connectivity index is 2.08. The summed E-state index contributed by atoms with van der Waals surface area (Å²) in [4.78, 5) is 9.76. The second kappa shape index (κ2) is 4.90. The van der Waals surface area contributed by atoms with Crippen molar-refractivity contribution in [2.45, 2.75) is 13.5 Å². The van der Waals surface area contributed by atoms with E-state index in [1.807, 2.05) is 43.5 Å². The Hall–Kier alpha value is -1.68. The Labute approximate surface area is 98.7 Å². The number of amidine groups is 1. The number of aromatic nitrogens is 1. The second-order valence-corrected chi connectivity index (χ2v) is 4.75. The monoisotopic (exact) mass is 231 g/mol. The normalized spacial score (nSPS) is 11.7. The van der Waals surface area contributed by atoms with Gasteiger partial charge < -0.3 is 5.73 Å². The van der Waals surface area contributed by atoms with Gasteiger partial charge in [-0.3, -0.25) is 4.99 Å². The van der Waals surface area contributed by atoms with Crippen molar-refractivity contribution in [1.82, 2.24) is 4.98 Å². The molecule has 0 bridgehead atoms. The van der Waals surface area contributed by atoms with E-state index in [1.165, 1.54) is 4.88 Å². The molecule has 0 aliphatic rings. The zero-order valence-electron chi connectivity index (χ0n) is 9.05. The average molecular weight is 231 g/mol. The van der Waals surface area contributed by atoms with Crippen LogP contribution >= 0.6 is 11.3 Å². The van der Waals surface area contributed by atoms with Crippen molar-refractivity contribution in [1.29, 1.82) is 0 Å². The predicted octanol–water partition coefficient (Wildman–Crippen LogP) is 2.36. The molecule has 0 radical (unpaired) electrons. The molecule has 0 aliphatic heterocycles. The maximum absolute atomic E-state index is 5.88. The molecule has 1 aromatic carbocycles. The van der Waals surface area contributed by atoms with Crippen LogP contribution < -0.4 is 5.73 Å². The third-order valence-electron chi connectivity index (χ3n) is 2.12. The van der Waals surface area contributed by atoms with Gasteiger partial charge in [0, 0.05) is 16.6 Å². The van der Waals surface area contributed by atoms with Crippen molar-refractivity contribution in [2.75, 3.05) is 0 Å². The first kappa shape index (κ1) is 10.8. The van der Waals surface area contributed by atoms with Gasteiger partial charge in [-0.05, 0) is 6.92 Å². The van der Waals surface area contributed by atoms with E-state index in [0.717, 1.165) is 10.6 Å². The number of aryl methyl sites for hydroxylation is 1. The summed E-state index contributed by atoms with van der Waals surface area (Å²) in [5.74, 6) is 0.563. The number of aliphatic imine (C=N–C) groups is 1. The fourth-order valence-corrected chi connectivity index (χ4v) is 2.04. The molecule has 0 amide bonds. The van der Waals surface area contributed by atoms with E-state index in [0.29, 0.717) is 12.4 Å². The Morgan fingerprint density at radius 3 is 2.75 bits per heavy atom. The van der Waals surface area contributed by atoms with Gasteiger partial charge in [-0.15, -0.1) is 11.3 Å². The van der Waals surface area contributed by atoms with Gasteiger partial charge in [0.2, 0.25) is 0 Å². The summed E-state index contributed by atoms with van der Waals surface area (Å²) >= 11 is 1.65. The molecule has 0 aliphatic carbocycles. The molecule has 3 nitrogen and oxygen atoms in total. The van der Waals surface area contributed by atoms with Crippen LogP contribution in [-0.4, -0.2) is 10.8 Å². The number of nitrogens with zero attached hydrogens (tertiary/aromatic N) is 2. The number of nitrogens with two attached hydrogens (primary N) is 1. The topological polar surface area (TPSA) is 51.3 Å². The smallest absolute Gasteiger partial charge is 0.126 e. The molecule has 1 aromatic heterocycles. The minimum absolute atomic E-state index is 0.555. The first-order valence-corrected chi connectivity index (χ1v) is 5.84. The standard InChI is InChI=1S/C12H13N3S/c1-9-7-14-11(16-9)8-15-12(13)10-5-3-2-4-6-10/h2-7H,8H2,1H3,(H2,13,15). The first-order chi connectivity index (χ1) is 7.75. The van der Waals surface area contributed by atoms with Crippen molar-refractivity contribution < 1.29 is 0 Å². The summed E-state index contributed by atoms with van der Waals surface area (Å²) in [7, 11) is 0. The van der Waals surface area contributed by atoms with Crippen LogP contribution in [0.25, 0.3) is 0 Å². The van der Waals surface area contributed by atoms with E-state index in [2.05, 4.69) is 9.98 Å². The van der Waals surface area contributed by atoms with Crippen LogP contribution in [0.2, 0.25) is 0 Å². The average Bonchev–Trinajstić information content (AvgIpc) is 2.73. The fourth-order valence-electron chi connectivity index (χ4n) is 1.33. The molecule has 0 spiro atoms. The molecule has 0 saturated heterocycles. The van der Waals surface area contributed by atoms with E-state index in [4.69, 9.17) is 5.73 Å². The molecule has 2 rings (SSSR count). The summed E-state index contributed by atoms with van der Waals surface area (Å²) in [6.45, 7) is 2.59. The molecule has 0 fully saturated rings. The Bertz CT molecular complexity index is 488. The summed E-state index contributed by atoms with van der Waals surface area (Å²) in [6, 6.07) is 9.76. The van der Waals surface area contributed by atoms with E-state index in [-0.39, 0.29) is 0 Å². The lowest BCUT2D eigenvalue weighted by atomic mass is 10.2. The predicted molar refractivity (Wildman–Crippen MR) is 67.7 cm³/mol. The zero-order valence-corrected chi connectivity index (χ0v) is 9.87. The van der Waals surface area contributed by atoms with Gasteiger partial charge in [0.15, 0.2) is 0 Å². The van der Waals surface area contributed by atoms with Gasteiger partial charge >= 0.3 is 0 Å². The maximum Gasteiger partial charge on any atom is 0.126 e. The molecule has 82 valence electrons. The summed E-state index contributed by atoms with van der Waals surface area (Å²) in [5, 5.41) is 0.997. The minimum atomic E-state index is 0.555. The number of thiazole rings is 1. The van der Waals surface area contributed by atoms with Crippen LogP contribution in [0, 0.1) is 6.92 Å². The highest BCUT2D eigenvalue weighted by Crippen LogP contribution is 2.12. The van der Waals surface area contributed by atoms with Crippen molar-refractivity contribution in [3.05, 3.63) is 52.0 Å². The van der Waals surface area contributed by atoms with Crippen molar-refractivity contribution in [2.24, 2.45) is 10.7 Å². The lowest BCUT2D eigenvalue weighted by Crippen LogP contribution is -2.13. The van der Waals surface area contributed by atoms with E-state index >= 15 is 0 Å². The fraction of sp³-hybridized carbons (Fsp3) is 0.167. The van der Waals surface area contributed by atoms with E-state index < -0.39 is 0 Å². The second-order valence-electron chi connectivity index (χ2n) is 3.43. The van der Waals surface area contributed by atoms with Gasteiger partial charge in [-0.25, -0.2) is 4.98 Å². The van der Waals surface area contributed by atoms with Crippen LogP contribution in [-0.2, 0) is 6.54 Å². The van der Waals surface area contributed by atoms with Crippen molar-refractivity contribution in [3.63, 3.8) is 0 Å². The zero-order chi connectivity index (χ0) is 11.4. The summed E-state index contributed by atoms with van der Waals surface area (Å²) in [5.41, 5.74) is 6.83. The Morgan fingerprint density at radius 1 is 1.38 bits per heavy atom. The van der Waals surface area contributed by atoms with Gasteiger partial charge in [0.05, 0.1) is 6.54 Å². The van der Waals surface area contributed by atoms with Crippen LogP contribution in [0.15, 0.2) is 41.5 Å². The van der Waals surface area contributed by atoms with Crippen molar-refractivity contribution >= 4 is 17.2 Å². The van der Waals surface area contributed by atoms with Crippen molar-refractivity contribution in [3.8, 4) is 0 Å². The van der Waals surface area contributed by atoms with Gasteiger partial charge in [0.1, 0.15) is 10.8 Å². The third kappa shape index (κ3) is 2.67. The lowest BCUT2D eigenvalue weighted by molar-refractivity contribution is 1.03. The highest BCUT2D eigenvalue weighted by Gasteiger charge is 1.99. The molecule has 4 heteroatoms. The lowest BCUT2D eigenvalue weighted by Gasteiger charge is -1.99. The molecule has 0 saturated carbocycles. The first-order valence-electron chi connectivity index (χ1n) is 5.02. The summed E-state index contributed by atoms with van der Waals surface area (Å²) in [6.07, 6.45) is 1.86. The highest BCUT2D eigenvalue weighted by atomic mass is 32.1. The molecular formula is C12H13N3S. The Morgan fingerprint density at radius 2 is 2.12 bits per heavy atom. The number of benzene rings is 1. The van der Waals surface area contributed by atoms with E-state index in [1.54, 1.807) is 11.3 Å². The molecule has 2 aromatic rings. The molecule has 0 unspecified atom stereocenters. The molecule has 0 atom stereocenters. The minimum Gasteiger partial charge on any atom is -0.383 e. The molecule has 16 heavy (non-hydrogen) atoms. The van der Waals surface area contributed by atoms with E-state index in [9.17, 15) is 0 Å². The highest BCUT2D eigenvalue weighted by molar-refractivity contribution is 7.11. The molecule has 2 N–H and O–H groups in total. The third-order valence-corrected chi connectivity index (χ3v) is 3.02. The molecule has 1 heterocycles. The Kier molecular flexibility index (Phi) is 3.31. The quantitative estimate of drug-likeness (QED) is 0.651. The van der Waals surface area contributed by atoms with Crippen LogP contribution in [0.3, 0.4) is 0 Å². The number of hydrogen-bond donors (Lipinski definition) is 1. The summed E-state index contributed by atoms with van der Waals surface area (Å²) < 4.78 is 0.